The highest BCUT2D eigenvalue weighted by Crippen LogP contribution is 2.43. The molecule has 0 N–H and O–H groups in total. The first kappa shape index (κ1) is 23.8. The van der Waals surface area contributed by atoms with Crippen molar-refractivity contribution in [2.75, 3.05) is 0 Å². The Morgan fingerprint density at radius 3 is 1.97 bits per heavy atom. The second kappa shape index (κ2) is 11.7. The molecule has 1 saturated carbocycles. The zero-order valence-corrected chi connectivity index (χ0v) is 22.3. The zero-order valence-electron chi connectivity index (χ0n) is 20.9. The highest BCUT2D eigenvalue weighted by molar-refractivity contribution is 6.35. The van der Waals surface area contributed by atoms with Gasteiger partial charge in [-0.3, -0.25) is 0 Å². The molecule has 1 heterocycles. The number of rotatable bonds is 9. The molecule has 0 atom stereocenters. The first-order valence-corrected chi connectivity index (χ1v) is 15.9. The van der Waals surface area contributed by atoms with Crippen molar-refractivity contribution in [1.82, 2.24) is 0 Å². The van der Waals surface area contributed by atoms with E-state index in [-0.39, 0.29) is 9.52 Å². The molecule has 0 aromatic heterocycles. The standard InChI is InChI=1S/C31H46Si/c1-3-5-6-7-25-8-10-26(11-9-25)27-12-14-28(15-13-27)29-16-18-30(19-17-29)31(20-4-2)21-23-32-24-22-31/h12-19,25-26H,3-11,20-24,32H2,1-2H3/t25-,26-. The van der Waals surface area contributed by atoms with Gasteiger partial charge < -0.3 is 0 Å². The Kier molecular flexibility index (Phi) is 8.69. The second-order valence-electron chi connectivity index (χ2n) is 11.0. The predicted molar refractivity (Wildman–Crippen MR) is 145 cm³/mol. The third-order valence-corrected chi connectivity index (χ3v) is 10.5. The van der Waals surface area contributed by atoms with Crippen molar-refractivity contribution in [2.24, 2.45) is 5.92 Å². The summed E-state index contributed by atoms with van der Waals surface area (Å²) in [6.45, 7) is 4.68. The molecule has 0 spiro atoms. The lowest BCUT2D eigenvalue weighted by molar-refractivity contribution is 0.303. The zero-order chi connectivity index (χ0) is 22.2. The van der Waals surface area contributed by atoms with Crippen LogP contribution in [-0.4, -0.2) is 9.52 Å². The number of benzene rings is 2. The lowest BCUT2D eigenvalue weighted by Gasteiger charge is -2.38. The van der Waals surface area contributed by atoms with Crippen molar-refractivity contribution < 1.29 is 0 Å². The highest BCUT2D eigenvalue weighted by Gasteiger charge is 2.32. The molecular weight excluding hydrogens is 400 g/mol. The molecule has 1 aliphatic heterocycles. The van der Waals surface area contributed by atoms with E-state index >= 15 is 0 Å². The van der Waals surface area contributed by atoms with Crippen LogP contribution in [0.15, 0.2) is 48.5 Å². The summed E-state index contributed by atoms with van der Waals surface area (Å²) in [7, 11) is 0.247. The van der Waals surface area contributed by atoms with Crippen LogP contribution in [0.3, 0.4) is 0 Å². The van der Waals surface area contributed by atoms with Crippen LogP contribution < -0.4 is 0 Å². The minimum absolute atomic E-state index is 0.247. The van der Waals surface area contributed by atoms with E-state index in [0.717, 1.165) is 11.8 Å². The van der Waals surface area contributed by atoms with Crippen molar-refractivity contribution >= 4 is 9.52 Å². The normalized spacial score (nSPS) is 26.9. The predicted octanol–water partition coefficient (Wildman–Crippen LogP) is 9.04. The Morgan fingerprint density at radius 2 is 1.38 bits per heavy atom. The summed E-state index contributed by atoms with van der Waals surface area (Å²) in [5, 5.41) is 0. The van der Waals surface area contributed by atoms with Crippen LogP contribution in [-0.2, 0) is 5.41 Å². The van der Waals surface area contributed by atoms with Crippen LogP contribution in [0, 0.1) is 5.92 Å². The van der Waals surface area contributed by atoms with Crippen molar-refractivity contribution in [3.05, 3.63) is 59.7 Å². The Labute approximate surface area is 200 Å². The summed E-state index contributed by atoms with van der Waals surface area (Å²) in [5.74, 6) is 1.79. The summed E-state index contributed by atoms with van der Waals surface area (Å²) in [4.78, 5) is 0. The number of hydrogen-bond donors (Lipinski definition) is 0. The number of hydrogen-bond acceptors (Lipinski definition) is 0. The molecule has 2 fully saturated rings. The van der Waals surface area contributed by atoms with Gasteiger partial charge in [0.25, 0.3) is 0 Å². The average Bonchev–Trinajstić information content (AvgIpc) is 2.86. The molecule has 2 aromatic carbocycles. The fraction of sp³-hybridized carbons (Fsp3) is 0.613. The molecule has 0 unspecified atom stereocenters. The molecule has 2 aromatic rings. The summed E-state index contributed by atoms with van der Waals surface area (Å²) in [6, 6.07) is 22.4. The van der Waals surface area contributed by atoms with E-state index in [9.17, 15) is 0 Å². The van der Waals surface area contributed by atoms with Gasteiger partial charge in [0.15, 0.2) is 0 Å². The minimum atomic E-state index is 0.247. The van der Waals surface area contributed by atoms with Crippen LogP contribution >= 0.6 is 0 Å². The van der Waals surface area contributed by atoms with Gasteiger partial charge in [0.1, 0.15) is 0 Å². The molecule has 2 aliphatic rings. The number of unbranched alkanes of at least 4 members (excludes halogenated alkanes) is 2. The lowest BCUT2D eigenvalue weighted by Crippen LogP contribution is -2.30. The van der Waals surface area contributed by atoms with Crippen molar-refractivity contribution in [1.29, 1.82) is 0 Å². The van der Waals surface area contributed by atoms with Gasteiger partial charge in [0.05, 0.1) is 0 Å². The highest BCUT2D eigenvalue weighted by atomic mass is 28.2. The summed E-state index contributed by atoms with van der Waals surface area (Å²) in [5.41, 5.74) is 6.44. The molecule has 0 amide bonds. The summed E-state index contributed by atoms with van der Waals surface area (Å²) < 4.78 is 0. The second-order valence-corrected chi connectivity index (χ2v) is 13.1. The first-order chi connectivity index (χ1) is 15.7. The average molecular weight is 447 g/mol. The Hall–Kier alpha value is -1.34. The van der Waals surface area contributed by atoms with E-state index in [1.165, 1.54) is 88.2 Å². The Bertz CT molecular complexity index is 784. The maximum atomic E-state index is 2.46. The van der Waals surface area contributed by atoms with Gasteiger partial charge in [0.2, 0.25) is 0 Å². The topological polar surface area (TPSA) is 0 Å². The van der Waals surface area contributed by atoms with Gasteiger partial charge >= 0.3 is 0 Å². The van der Waals surface area contributed by atoms with Crippen LogP contribution in [0.5, 0.6) is 0 Å². The van der Waals surface area contributed by atoms with Gasteiger partial charge in [-0.25, -0.2) is 0 Å². The van der Waals surface area contributed by atoms with E-state index < -0.39 is 0 Å². The third kappa shape index (κ3) is 5.77. The summed E-state index contributed by atoms with van der Waals surface area (Å²) >= 11 is 0. The molecule has 1 saturated heterocycles. The van der Waals surface area contributed by atoms with Crippen LogP contribution in [0.1, 0.15) is 108 Å². The van der Waals surface area contributed by atoms with Gasteiger partial charge in [-0.1, -0.05) is 107 Å². The van der Waals surface area contributed by atoms with Crippen molar-refractivity contribution in [3.63, 3.8) is 0 Å². The molecule has 0 radical (unpaired) electrons. The van der Waals surface area contributed by atoms with E-state index in [1.54, 1.807) is 23.2 Å². The maximum absolute atomic E-state index is 2.46. The van der Waals surface area contributed by atoms with Gasteiger partial charge in [-0.2, -0.15) is 0 Å². The van der Waals surface area contributed by atoms with Crippen molar-refractivity contribution in [2.45, 2.75) is 114 Å². The molecular formula is C31H46Si. The molecule has 174 valence electrons. The SMILES string of the molecule is CCCCC[C@H]1CC[C@H](c2ccc(-c3ccc(C4(CCC)CC[SiH2]CC4)cc3)cc2)CC1. The van der Waals surface area contributed by atoms with E-state index in [1.807, 2.05) is 0 Å². The summed E-state index contributed by atoms with van der Waals surface area (Å²) in [6.07, 6.45) is 16.9. The van der Waals surface area contributed by atoms with Crippen LogP contribution in [0.25, 0.3) is 11.1 Å². The largest absolute Gasteiger partial charge is 0.0654 e. The van der Waals surface area contributed by atoms with Gasteiger partial charge in [-0.15, -0.1) is 0 Å². The Balaban J connectivity index is 1.37. The lowest BCUT2D eigenvalue weighted by atomic mass is 9.72. The van der Waals surface area contributed by atoms with E-state index in [0.29, 0.717) is 5.41 Å². The van der Waals surface area contributed by atoms with Crippen molar-refractivity contribution in [3.8, 4) is 11.1 Å². The van der Waals surface area contributed by atoms with E-state index in [4.69, 9.17) is 0 Å². The molecule has 0 nitrogen and oxygen atoms in total. The molecule has 1 heteroatoms. The molecule has 32 heavy (non-hydrogen) atoms. The first-order valence-electron chi connectivity index (χ1n) is 13.9. The Morgan fingerprint density at radius 1 is 0.750 bits per heavy atom. The molecule has 0 bridgehead atoms. The van der Waals surface area contributed by atoms with Gasteiger partial charge in [0, 0.05) is 9.52 Å². The smallest absolute Gasteiger partial charge is 0.0198 e. The molecule has 1 aliphatic carbocycles. The van der Waals surface area contributed by atoms with Crippen LogP contribution in [0.2, 0.25) is 12.1 Å². The van der Waals surface area contributed by atoms with Gasteiger partial charge in [-0.05, 0) is 84.5 Å². The fourth-order valence-electron chi connectivity index (χ4n) is 6.82. The maximum Gasteiger partial charge on any atom is 0.0198 e. The third-order valence-electron chi connectivity index (χ3n) is 8.81. The van der Waals surface area contributed by atoms with Crippen LogP contribution in [0.4, 0.5) is 0 Å². The van der Waals surface area contributed by atoms with E-state index in [2.05, 4.69) is 62.4 Å². The minimum Gasteiger partial charge on any atom is -0.0654 e. The molecule has 4 rings (SSSR count). The fourth-order valence-corrected chi connectivity index (χ4v) is 9.03. The monoisotopic (exact) mass is 446 g/mol. The quantitative estimate of drug-likeness (QED) is 0.266.